The zero-order chi connectivity index (χ0) is 15.7. The van der Waals surface area contributed by atoms with Gasteiger partial charge in [0.15, 0.2) is 3.61 Å². The van der Waals surface area contributed by atoms with Crippen LogP contribution in [0.3, 0.4) is 0 Å². The molecule has 0 aliphatic carbocycles. The SMILES string of the molecule is CC(C)(C)C(C)(I)OC(=O)C1CCN(C(=O)O)C(=O)C1. The van der Waals surface area contributed by atoms with Crippen molar-refractivity contribution in [2.24, 2.45) is 11.3 Å². The van der Waals surface area contributed by atoms with Crippen LogP contribution in [-0.4, -0.2) is 38.1 Å². The van der Waals surface area contributed by atoms with Crippen LogP contribution in [-0.2, 0) is 14.3 Å². The first kappa shape index (κ1) is 17.2. The zero-order valence-corrected chi connectivity index (χ0v) is 14.3. The molecule has 0 spiro atoms. The van der Waals surface area contributed by atoms with Gasteiger partial charge in [-0.15, -0.1) is 0 Å². The number of imide groups is 1. The third-order valence-electron chi connectivity index (χ3n) is 3.62. The third kappa shape index (κ3) is 3.83. The summed E-state index contributed by atoms with van der Waals surface area (Å²) < 4.78 is 4.83. The van der Waals surface area contributed by atoms with Crippen LogP contribution < -0.4 is 0 Å². The Kier molecular flexibility index (Phi) is 5.04. The minimum Gasteiger partial charge on any atom is -0.465 e. The summed E-state index contributed by atoms with van der Waals surface area (Å²) in [5.41, 5.74) is -0.241. The number of amides is 2. The second-order valence-corrected chi connectivity index (χ2v) is 8.16. The summed E-state index contributed by atoms with van der Waals surface area (Å²) in [4.78, 5) is 35.3. The number of likely N-dealkylation sites (tertiary alicyclic amines) is 1. The lowest BCUT2D eigenvalue weighted by atomic mass is 9.89. The van der Waals surface area contributed by atoms with Gasteiger partial charge in [-0.25, -0.2) is 9.69 Å². The van der Waals surface area contributed by atoms with Crippen LogP contribution in [0.25, 0.3) is 0 Å². The standard InChI is InChI=1S/C13H20INO5/c1-12(2,3)13(4,14)20-10(17)8-5-6-15(11(18)19)9(16)7-8/h8H,5-7H2,1-4H3,(H,18,19). The van der Waals surface area contributed by atoms with Crippen molar-refractivity contribution in [2.45, 2.75) is 44.1 Å². The van der Waals surface area contributed by atoms with Gasteiger partial charge in [0.2, 0.25) is 5.91 Å². The number of hydrogen-bond donors (Lipinski definition) is 1. The Labute approximate surface area is 132 Å². The Balaban J connectivity index is 2.68. The van der Waals surface area contributed by atoms with Crippen molar-refractivity contribution in [3.05, 3.63) is 0 Å². The average molecular weight is 397 g/mol. The number of esters is 1. The van der Waals surface area contributed by atoms with Crippen molar-refractivity contribution < 1.29 is 24.2 Å². The fourth-order valence-electron chi connectivity index (χ4n) is 1.66. The minimum atomic E-state index is -1.27. The highest BCUT2D eigenvalue weighted by atomic mass is 127. The van der Waals surface area contributed by atoms with E-state index in [-0.39, 0.29) is 18.4 Å². The van der Waals surface area contributed by atoms with E-state index >= 15 is 0 Å². The summed E-state index contributed by atoms with van der Waals surface area (Å²) in [5, 5.41) is 8.81. The van der Waals surface area contributed by atoms with Crippen molar-refractivity contribution in [2.75, 3.05) is 6.54 Å². The number of carbonyl (C=O) groups excluding carboxylic acids is 2. The average Bonchev–Trinajstić information content (AvgIpc) is 2.25. The maximum absolute atomic E-state index is 12.1. The summed E-state index contributed by atoms with van der Waals surface area (Å²) in [5.74, 6) is -1.54. The molecule has 1 heterocycles. The van der Waals surface area contributed by atoms with Gasteiger partial charge in [-0.1, -0.05) is 20.8 Å². The van der Waals surface area contributed by atoms with E-state index in [4.69, 9.17) is 9.84 Å². The van der Waals surface area contributed by atoms with Crippen molar-refractivity contribution in [1.82, 2.24) is 4.90 Å². The minimum absolute atomic E-state index is 0.0431. The normalized spacial score (nSPS) is 23.1. The van der Waals surface area contributed by atoms with Crippen LogP contribution in [0.4, 0.5) is 4.79 Å². The van der Waals surface area contributed by atoms with E-state index in [2.05, 4.69) is 22.6 Å². The van der Waals surface area contributed by atoms with E-state index < -0.39 is 27.5 Å². The number of ether oxygens (including phenoxy) is 1. The fourth-order valence-corrected chi connectivity index (χ4v) is 1.88. The van der Waals surface area contributed by atoms with Crippen LogP contribution in [0, 0.1) is 11.3 Å². The predicted octanol–water partition coefficient (Wildman–Crippen LogP) is 2.64. The Morgan fingerprint density at radius 2 is 1.90 bits per heavy atom. The van der Waals surface area contributed by atoms with E-state index in [1.54, 1.807) is 0 Å². The van der Waals surface area contributed by atoms with E-state index in [0.717, 1.165) is 4.90 Å². The highest BCUT2D eigenvalue weighted by Gasteiger charge is 2.42. The number of alkyl halides is 1. The molecule has 7 heteroatoms. The van der Waals surface area contributed by atoms with Crippen LogP contribution in [0.15, 0.2) is 0 Å². The molecule has 0 radical (unpaired) electrons. The summed E-state index contributed by atoms with van der Waals surface area (Å²) in [6.45, 7) is 7.75. The summed E-state index contributed by atoms with van der Waals surface area (Å²) >= 11 is 2.08. The maximum atomic E-state index is 12.1. The lowest BCUT2D eigenvalue weighted by Crippen LogP contribution is -2.46. The molecule has 0 aromatic carbocycles. The second kappa shape index (κ2) is 5.87. The molecular weight excluding hydrogens is 377 g/mol. The molecule has 20 heavy (non-hydrogen) atoms. The third-order valence-corrected chi connectivity index (χ3v) is 5.46. The lowest BCUT2D eigenvalue weighted by molar-refractivity contribution is -0.164. The molecular formula is C13H20INO5. The van der Waals surface area contributed by atoms with Crippen molar-refractivity contribution in [3.8, 4) is 0 Å². The van der Waals surface area contributed by atoms with Gasteiger partial charge < -0.3 is 9.84 Å². The van der Waals surface area contributed by atoms with Crippen LogP contribution in [0.1, 0.15) is 40.5 Å². The Morgan fingerprint density at radius 3 is 2.30 bits per heavy atom. The summed E-state index contributed by atoms with van der Waals surface area (Å²) in [7, 11) is 0. The Hall–Kier alpha value is -0.860. The van der Waals surface area contributed by atoms with Crippen molar-refractivity contribution >= 4 is 40.6 Å². The van der Waals surface area contributed by atoms with Crippen molar-refractivity contribution in [1.29, 1.82) is 0 Å². The molecule has 1 rings (SSSR count). The largest absolute Gasteiger partial charge is 0.465 e. The lowest BCUT2D eigenvalue weighted by Gasteiger charge is -2.37. The molecule has 1 fully saturated rings. The first-order chi connectivity index (χ1) is 8.95. The molecule has 0 aromatic rings. The molecule has 0 aromatic heterocycles. The molecule has 2 atom stereocenters. The molecule has 0 saturated carbocycles. The van der Waals surface area contributed by atoms with E-state index in [1.807, 2.05) is 27.7 Å². The molecule has 1 N–H and O–H groups in total. The van der Waals surface area contributed by atoms with Crippen LogP contribution in [0.2, 0.25) is 0 Å². The Bertz CT molecular complexity index is 427. The van der Waals surface area contributed by atoms with Gasteiger partial charge in [-0.2, -0.15) is 0 Å². The zero-order valence-electron chi connectivity index (χ0n) is 12.1. The van der Waals surface area contributed by atoms with Crippen molar-refractivity contribution in [3.63, 3.8) is 0 Å². The molecule has 2 amide bonds. The van der Waals surface area contributed by atoms with E-state index in [1.165, 1.54) is 0 Å². The van der Waals surface area contributed by atoms with Crippen LogP contribution >= 0.6 is 22.6 Å². The van der Waals surface area contributed by atoms with Crippen LogP contribution in [0.5, 0.6) is 0 Å². The van der Waals surface area contributed by atoms with Gasteiger partial charge in [0.25, 0.3) is 0 Å². The topological polar surface area (TPSA) is 83.9 Å². The van der Waals surface area contributed by atoms with E-state index in [9.17, 15) is 14.4 Å². The first-order valence-electron chi connectivity index (χ1n) is 6.41. The summed E-state index contributed by atoms with van der Waals surface area (Å²) in [6, 6.07) is 0. The number of carboxylic acid groups (broad SMARTS) is 1. The quantitative estimate of drug-likeness (QED) is 0.440. The van der Waals surface area contributed by atoms with Gasteiger partial charge in [0.05, 0.1) is 5.92 Å². The number of nitrogens with zero attached hydrogens (tertiary/aromatic N) is 1. The fraction of sp³-hybridized carbons (Fsp3) is 0.769. The number of hydrogen-bond acceptors (Lipinski definition) is 4. The number of piperidine rings is 1. The molecule has 1 saturated heterocycles. The highest BCUT2D eigenvalue weighted by molar-refractivity contribution is 14.1. The predicted molar refractivity (Wildman–Crippen MR) is 80.4 cm³/mol. The molecule has 1 aliphatic rings. The van der Waals surface area contributed by atoms with E-state index in [0.29, 0.717) is 6.42 Å². The molecule has 6 nitrogen and oxygen atoms in total. The molecule has 1 aliphatic heterocycles. The smallest absolute Gasteiger partial charge is 0.414 e. The van der Waals surface area contributed by atoms with Gasteiger partial charge in [0.1, 0.15) is 0 Å². The van der Waals surface area contributed by atoms with Gasteiger partial charge >= 0.3 is 12.1 Å². The number of rotatable bonds is 2. The molecule has 2 unspecified atom stereocenters. The Morgan fingerprint density at radius 1 is 1.35 bits per heavy atom. The first-order valence-corrected chi connectivity index (χ1v) is 7.48. The number of carbonyl (C=O) groups is 3. The highest BCUT2D eigenvalue weighted by Crippen LogP contribution is 2.40. The van der Waals surface area contributed by atoms with Gasteiger partial charge in [-0.3, -0.25) is 9.59 Å². The number of halogens is 1. The monoisotopic (exact) mass is 397 g/mol. The maximum Gasteiger partial charge on any atom is 0.414 e. The second-order valence-electron chi connectivity index (χ2n) is 6.11. The summed E-state index contributed by atoms with van der Waals surface area (Å²) in [6.07, 6.45) is -1.06. The van der Waals surface area contributed by atoms with Gasteiger partial charge in [-0.05, 0) is 35.9 Å². The molecule has 0 bridgehead atoms. The van der Waals surface area contributed by atoms with Gasteiger partial charge in [0, 0.05) is 18.4 Å². The molecule has 114 valence electrons.